The van der Waals surface area contributed by atoms with Gasteiger partial charge in [-0.25, -0.2) is 4.79 Å². The Kier molecular flexibility index (Phi) is 4.48. The van der Waals surface area contributed by atoms with Crippen LogP contribution in [0.15, 0.2) is 30.3 Å². The fraction of sp³-hybridized carbons (Fsp3) is 0.385. The van der Waals surface area contributed by atoms with Crippen molar-refractivity contribution in [3.05, 3.63) is 35.9 Å². The topological polar surface area (TPSA) is 82.1 Å². The van der Waals surface area contributed by atoms with Gasteiger partial charge in [-0.15, -0.1) is 0 Å². The number of carbonyl (C=O) groups is 2. The quantitative estimate of drug-likeness (QED) is 0.802. The molecule has 0 bridgehead atoms. The van der Waals surface area contributed by atoms with Crippen molar-refractivity contribution in [2.45, 2.75) is 18.8 Å². The molecule has 0 saturated carbocycles. The van der Waals surface area contributed by atoms with Crippen molar-refractivity contribution in [1.82, 2.24) is 0 Å². The minimum atomic E-state index is -0.949. The number of rotatable bonds is 5. The Hall–Kier alpha value is -1.92. The third kappa shape index (κ3) is 4.04. The van der Waals surface area contributed by atoms with Crippen LogP contribution in [0.5, 0.6) is 0 Å². The average molecular weight is 266 g/mol. The molecule has 2 atom stereocenters. The summed E-state index contributed by atoms with van der Waals surface area (Å²) < 4.78 is 15.5. The maximum Gasteiger partial charge on any atom is 0.338 e. The standard InChI is InChI=1S/C13H14O6/c14-11(15)6-10-7-17-12(19-10)8-18-13(16)9-4-2-1-3-5-9/h1-5,10,12H,6-8H2,(H,14,15)/t10-,12-/m1/s1. The largest absolute Gasteiger partial charge is 0.481 e. The van der Waals surface area contributed by atoms with Gasteiger partial charge in [-0.1, -0.05) is 18.2 Å². The molecule has 1 fully saturated rings. The molecule has 0 aliphatic carbocycles. The van der Waals surface area contributed by atoms with Crippen LogP contribution in [0.1, 0.15) is 16.8 Å². The van der Waals surface area contributed by atoms with E-state index >= 15 is 0 Å². The van der Waals surface area contributed by atoms with Gasteiger partial charge in [0.15, 0.2) is 6.29 Å². The van der Waals surface area contributed by atoms with Crippen molar-refractivity contribution < 1.29 is 28.9 Å². The van der Waals surface area contributed by atoms with Gasteiger partial charge in [-0.2, -0.15) is 0 Å². The van der Waals surface area contributed by atoms with E-state index in [1.165, 1.54) is 0 Å². The van der Waals surface area contributed by atoms with Gasteiger partial charge in [0.1, 0.15) is 6.61 Å². The Morgan fingerprint density at radius 2 is 2.05 bits per heavy atom. The van der Waals surface area contributed by atoms with Crippen LogP contribution in [0, 0.1) is 0 Å². The number of carboxylic acid groups (broad SMARTS) is 1. The first-order valence-electron chi connectivity index (χ1n) is 5.86. The molecule has 102 valence electrons. The minimum Gasteiger partial charge on any atom is -0.481 e. The van der Waals surface area contributed by atoms with E-state index in [1.807, 2.05) is 0 Å². The molecule has 0 aromatic heterocycles. The molecular formula is C13H14O6. The van der Waals surface area contributed by atoms with Gasteiger partial charge in [0, 0.05) is 0 Å². The van der Waals surface area contributed by atoms with Crippen LogP contribution in [0.2, 0.25) is 0 Å². The Labute approximate surface area is 109 Å². The van der Waals surface area contributed by atoms with Crippen molar-refractivity contribution in [3.8, 4) is 0 Å². The molecule has 6 nitrogen and oxygen atoms in total. The van der Waals surface area contributed by atoms with Gasteiger partial charge >= 0.3 is 11.9 Å². The molecule has 1 heterocycles. The molecule has 0 radical (unpaired) electrons. The number of carboxylic acids is 1. The number of aliphatic carboxylic acids is 1. The summed E-state index contributed by atoms with van der Waals surface area (Å²) in [4.78, 5) is 22.1. The molecule has 0 unspecified atom stereocenters. The molecular weight excluding hydrogens is 252 g/mol. The van der Waals surface area contributed by atoms with E-state index in [9.17, 15) is 9.59 Å². The summed E-state index contributed by atoms with van der Waals surface area (Å²) in [5, 5.41) is 8.61. The SMILES string of the molecule is O=C(O)C[C@@H]1CO[C@@H](COC(=O)c2ccccc2)O1. The zero-order valence-corrected chi connectivity index (χ0v) is 10.2. The Bertz CT molecular complexity index is 444. The maximum absolute atomic E-state index is 11.6. The van der Waals surface area contributed by atoms with Gasteiger partial charge in [-0.3, -0.25) is 4.79 Å². The molecule has 19 heavy (non-hydrogen) atoms. The lowest BCUT2D eigenvalue weighted by Gasteiger charge is -2.11. The first kappa shape index (κ1) is 13.5. The normalized spacial score (nSPS) is 22.1. The summed E-state index contributed by atoms with van der Waals surface area (Å²) in [6, 6.07) is 8.57. The molecule has 6 heteroatoms. The number of benzene rings is 1. The maximum atomic E-state index is 11.6. The predicted molar refractivity (Wildman–Crippen MR) is 63.6 cm³/mol. The second kappa shape index (κ2) is 6.31. The Morgan fingerprint density at radius 3 is 2.74 bits per heavy atom. The minimum absolute atomic E-state index is 0.0517. The highest BCUT2D eigenvalue weighted by Crippen LogP contribution is 2.15. The predicted octanol–water partition coefficient (Wildman–Crippen LogP) is 1.06. The average Bonchev–Trinajstić information content (AvgIpc) is 2.84. The molecule has 0 spiro atoms. The van der Waals surface area contributed by atoms with Crippen LogP contribution in [-0.2, 0) is 19.0 Å². The fourth-order valence-corrected chi connectivity index (χ4v) is 1.70. The number of esters is 1. The zero-order chi connectivity index (χ0) is 13.7. The Morgan fingerprint density at radius 1 is 1.32 bits per heavy atom. The van der Waals surface area contributed by atoms with Crippen molar-refractivity contribution in [3.63, 3.8) is 0 Å². The van der Waals surface area contributed by atoms with Crippen LogP contribution in [0.25, 0.3) is 0 Å². The van der Waals surface area contributed by atoms with E-state index in [-0.39, 0.29) is 19.6 Å². The number of ether oxygens (including phenoxy) is 3. The van der Waals surface area contributed by atoms with Crippen LogP contribution in [0.3, 0.4) is 0 Å². The summed E-state index contributed by atoms with van der Waals surface area (Å²) >= 11 is 0. The van der Waals surface area contributed by atoms with Gasteiger partial charge < -0.3 is 19.3 Å². The number of carbonyl (C=O) groups excluding carboxylic acids is 1. The zero-order valence-electron chi connectivity index (χ0n) is 10.2. The molecule has 0 amide bonds. The molecule has 1 aliphatic rings. The molecule has 2 rings (SSSR count). The third-order valence-electron chi connectivity index (χ3n) is 2.57. The first-order valence-corrected chi connectivity index (χ1v) is 5.86. The highest BCUT2D eigenvalue weighted by Gasteiger charge is 2.28. The lowest BCUT2D eigenvalue weighted by atomic mass is 10.2. The summed E-state index contributed by atoms with van der Waals surface area (Å²) in [6.07, 6.45) is -1.31. The second-order valence-corrected chi connectivity index (χ2v) is 4.08. The fourth-order valence-electron chi connectivity index (χ4n) is 1.70. The van der Waals surface area contributed by atoms with Gasteiger partial charge in [-0.05, 0) is 12.1 Å². The monoisotopic (exact) mass is 266 g/mol. The van der Waals surface area contributed by atoms with Crippen LogP contribution in [-0.4, -0.2) is 42.7 Å². The van der Waals surface area contributed by atoms with Crippen molar-refractivity contribution >= 4 is 11.9 Å². The smallest absolute Gasteiger partial charge is 0.338 e. The van der Waals surface area contributed by atoms with E-state index in [0.29, 0.717) is 5.56 Å². The van der Waals surface area contributed by atoms with E-state index in [1.54, 1.807) is 30.3 Å². The summed E-state index contributed by atoms with van der Waals surface area (Å²) in [5.41, 5.74) is 0.447. The highest BCUT2D eigenvalue weighted by molar-refractivity contribution is 5.89. The third-order valence-corrected chi connectivity index (χ3v) is 2.57. The second-order valence-electron chi connectivity index (χ2n) is 4.08. The summed E-state index contributed by atoms with van der Waals surface area (Å²) in [7, 11) is 0. The number of hydrogen-bond acceptors (Lipinski definition) is 5. The summed E-state index contributed by atoms with van der Waals surface area (Å²) in [5.74, 6) is -1.41. The lowest BCUT2D eigenvalue weighted by molar-refractivity contribution is -0.141. The van der Waals surface area contributed by atoms with Crippen molar-refractivity contribution in [2.24, 2.45) is 0 Å². The van der Waals surface area contributed by atoms with E-state index in [4.69, 9.17) is 19.3 Å². The van der Waals surface area contributed by atoms with Crippen LogP contribution < -0.4 is 0 Å². The molecule has 1 aromatic rings. The van der Waals surface area contributed by atoms with Crippen LogP contribution >= 0.6 is 0 Å². The van der Waals surface area contributed by atoms with Gasteiger partial charge in [0.2, 0.25) is 0 Å². The van der Waals surface area contributed by atoms with E-state index < -0.39 is 24.3 Å². The van der Waals surface area contributed by atoms with Gasteiger partial charge in [0.25, 0.3) is 0 Å². The molecule has 1 N–H and O–H groups in total. The molecule has 1 aliphatic heterocycles. The molecule has 1 aromatic carbocycles. The van der Waals surface area contributed by atoms with E-state index in [2.05, 4.69) is 0 Å². The van der Waals surface area contributed by atoms with Crippen molar-refractivity contribution in [2.75, 3.05) is 13.2 Å². The summed E-state index contributed by atoms with van der Waals surface area (Å²) in [6.45, 7) is 0.143. The van der Waals surface area contributed by atoms with Crippen LogP contribution in [0.4, 0.5) is 0 Å². The number of hydrogen-bond donors (Lipinski definition) is 1. The highest BCUT2D eigenvalue weighted by atomic mass is 16.7. The first-order chi connectivity index (χ1) is 9.15. The Balaban J connectivity index is 1.75. The lowest BCUT2D eigenvalue weighted by Crippen LogP contribution is -2.21. The van der Waals surface area contributed by atoms with E-state index in [0.717, 1.165) is 0 Å². The van der Waals surface area contributed by atoms with Gasteiger partial charge in [0.05, 0.1) is 24.7 Å². The molecule has 1 saturated heterocycles. The van der Waals surface area contributed by atoms with Crippen molar-refractivity contribution in [1.29, 1.82) is 0 Å².